The topological polar surface area (TPSA) is 90.9 Å². The van der Waals surface area contributed by atoms with E-state index in [1.54, 1.807) is 13.3 Å². The lowest BCUT2D eigenvalue weighted by molar-refractivity contribution is 0.405. The molecule has 0 amide bonds. The fraction of sp³-hybridized carbons (Fsp3) is 0.353. The van der Waals surface area contributed by atoms with Crippen LogP contribution in [-0.2, 0) is 6.54 Å². The molecule has 0 aliphatic heterocycles. The third kappa shape index (κ3) is 3.24. The number of nitrogens with two attached hydrogens (primary N) is 1. The Balaban J connectivity index is 1.99. The van der Waals surface area contributed by atoms with E-state index in [4.69, 9.17) is 10.5 Å². The van der Waals surface area contributed by atoms with Crippen molar-refractivity contribution in [1.82, 2.24) is 19.5 Å². The monoisotopic (exact) mass is 326 g/mol. The van der Waals surface area contributed by atoms with Crippen LogP contribution in [0.5, 0.6) is 5.75 Å². The van der Waals surface area contributed by atoms with Gasteiger partial charge < -0.3 is 20.4 Å². The molecule has 7 heteroatoms. The van der Waals surface area contributed by atoms with Gasteiger partial charge in [0.2, 0.25) is 5.95 Å². The quantitative estimate of drug-likeness (QED) is 0.649. The predicted molar refractivity (Wildman–Crippen MR) is 95.2 cm³/mol. The Labute approximate surface area is 140 Å². The number of nitrogens with zero attached hydrogens (tertiary/aromatic N) is 4. The van der Waals surface area contributed by atoms with Gasteiger partial charge in [0.25, 0.3) is 0 Å². The van der Waals surface area contributed by atoms with Gasteiger partial charge in [0.15, 0.2) is 5.82 Å². The molecule has 3 aromatic rings. The number of hydrogen-bond donors (Lipinski definition) is 2. The fourth-order valence-corrected chi connectivity index (χ4v) is 2.65. The number of methoxy groups -OCH3 is 1. The highest BCUT2D eigenvalue weighted by atomic mass is 16.5. The zero-order chi connectivity index (χ0) is 16.9. The summed E-state index contributed by atoms with van der Waals surface area (Å²) < 4.78 is 7.46. The van der Waals surface area contributed by atoms with Crippen LogP contribution in [0.4, 0.5) is 11.8 Å². The molecule has 0 fully saturated rings. The first-order valence-electron chi connectivity index (χ1n) is 8.07. The van der Waals surface area contributed by atoms with Crippen LogP contribution in [0.25, 0.3) is 11.0 Å². The minimum absolute atomic E-state index is 0.273. The first-order chi connectivity index (χ1) is 11.7. The van der Waals surface area contributed by atoms with E-state index in [0.29, 0.717) is 6.54 Å². The molecule has 0 aliphatic rings. The molecule has 0 unspecified atom stereocenters. The Morgan fingerprint density at radius 3 is 2.96 bits per heavy atom. The van der Waals surface area contributed by atoms with Crippen LogP contribution in [0.1, 0.15) is 25.5 Å². The molecule has 3 rings (SSSR count). The average Bonchev–Trinajstić information content (AvgIpc) is 2.98. The number of rotatable bonds is 7. The van der Waals surface area contributed by atoms with Crippen LogP contribution in [0.2, 0.25) is 0 Å². The minimum Gasteiger partial charge on any atom is -0.495 e. The van der Waals surface area contributed by atoms with Crippen LogP contribution < -0.4 is 15.8 Å². The van der Waals surface area contributed by atoms with Crippen molar-refractivity contribution in [2.24, 2.45) is 0 Å². The summed E-state index contributed by atoms with van der Waals surface area (Å²) in [6, 6.07) is 5.70. The fourth-order valence-electron chi connectivity index (χ4n) is 2.65. The van der Waals surface area contributed by atoms with E-state index in [0.717, 1.165) is 47.7 Å². The molecule has 0 atom stereocenters. The summed E-state index contributed by atoms with van der Waals surface area (Å²) in [4.78, 5) is 13.1. The third-order valence-corrected chi connectivity index (χ3v) is 3.84. The Hall–Kier alpha value is -2.83. The average molecular weight is 326 g/mol. The number of hydrogen-bond acceptors (Lipinski definition) is 6. The minimum atomic E-state index is 0.273. The molecule has 0 aliphatic carbocycles. The Kier molecular flexibility index (Phi) is 4.79. The lowest BCUT2D eigenvalue weighted by atomic mass is 10.3. The molecule has 126 valence electrons. The summed E-state index contributed by atoms with van der Waals surface area (Å²) in [7, 11) is 1.65. The van der Waals surface area contributed by atoms with Gasteiger partial charge in [-0.15, -0.1) is 0 Å². The first-order valence-corrected chi connectivity index (χ1v) is 8.07. The Morgan fingerprint density at radius 1 is 1.29 bits per heavy atom. The highest BCUT2D eigenvalue weighted by molar-refractivity contribution is 5.87. The lowest BCUT2D eigenvalue weighted by Crippen LogP contribution is -2.09. The molecule has 3 N–H and O–H groups in total. The third-order valence-electron chi connectivity index (χ3n) is 3.84. The molecule has 0 saturated carbocycles. The highest BCUT2D eigenvalue weighted by Crippen LogP contribution is 2.25. The van der Waals surface area contributed by atoms with Crippen LogP contribution in [0, 0.1) is 0 Å². The highest BCUT2D eigenvalue weighted by Gasteiger charge is 2.13. The number of unbranched alkanes of at least 4 members (excludes halogenated alkanes) is 1. The summed E-state index contributed by atoms with van der Waals surface area (Å²) in [5.41, 5.74) is 8.43. The van der Waals surface area contributed by atoms with Crippen molar-refractivity contribution < 1.29 is 4.74 Å². The van der Waals surface area contributed by atoms with Crippen LogP contribution >= 0.6 is 0 Å². The molecule has 3 heterocycles. The van der Waals surface area contributed by atoms with E-state index < -0.39 is 0 Å². The summed E-state index contributed by atoms with van der Waals surface area (Å²) in [6.45, 7) is 3.57. The van der Waals surface area contributed by atoms with Crippen molar-refractivity contribution in [3.8, 4) is 5.75 Å². The standard InChI is InChI=1S/C17H22N6O/c1-3-4-8-20-16-15-12(21-17(18)22-16)7-10-23(15)11-13-14(24-2)6-5-9-19-13/h5-7,9-10H,3-4,8,11H2,1-2H3,(H3,18,20,21,22). The second kappa shape index (κ2) is 7.16. The molecule has 0 radical (unpaired) electrons. The van der Waals surface area contributed by atoms with Gasteiger partial charge in [-0.2, -0.15) is 4.98 Å². The molecule has 0 aromatic carbocycles. The zero-order valence-corrected chi connectivity index (χ0v) is 14.0. The summed E-state index contributed by atoms with van der Waals surface area (Å²) in [6.07, 6.45) is 5.92. The van der Waals surface area contributed by atoms with Gasteiger partial charge in [-0.1, -0.05) is 13.3 Å². The molecule has 0 saturated heterocycles. The van der Waals surface area contributed by atoms with E-state index >= 15 is 0 Å². The predicted octanol–water partition coefficient (Wildman–Crippen LogP) is 2.68. The van der Waals surface area contributed by atoms with E-state index in [2.05, 4.69) is 31.8 Å². The SMILES string of the molecule is CCCCNc1nc(N)nc2ccn(Cc3ncccc3OC)c12. The van der Waals surface area contributed by atoms with Crippen molar-refractivity contribution >= 4 is 22.8 Å². The summed E-state index contributed by atoms with van der Waals surface area (Å²) in [5, 5.41) is 3.37. The van der Waals surface area contributed by atoms with Gasteiger partial charge in [0.05, 0.1) is 19.2 Å². The van der Waals surface area contributed by atoms with Gasteiger partial charge in [0, 0.05) is 18.9 Å². The zero-order valence-electron chi connectivity index (χ0n) is 14.0. The lowest BCUT2D eigenvalue weighted by Gasteiger charge is -2.12. The van der Waals surface area contributed by atoms with Crippen molar-refractivity contribution in [1.29, 1.82) is 0 Å². The van der Waals surface area contributed by atoms with E-state index in [-0.39, 0.29) is 5.95 Å². The second-order valence-corrected chi connectivity index (χ2v) is 5.54. The normalized spacial score (nSPS) is 10.9. The van der Waals surface area contributed by atoms with Crippen molar-refractivity contribution in [3.05, 3.63) is 36.3 Å². The molecule has 0 spiro atoms. The van der Waals surface area contributed by atoms with Crippen molar-refractivity contribution in [3.63, 3.8) is 0 Å². The number of anilines is 2. The van der Waals surface area contributed by atoms with Gasteiger partial charge in [0.1, 0.15) is 17.0 Å². The second-order valence-electron chi connectivity index (χ2n) is 5.54. The number of nitrogens with one attached hydrogen (secondary N) is 1. The molecule has 24 heavy (non-hydrogen) atoms. The number of ether oxygens (including phenoxy) is 1. The van der Waals surface area contributed by atoms with Gasteiger partial charge in [-0.05, 0) is 24.6 Å². The van der Waals surface area contributed by atoms with E-state index in [1.807, 2.05) is 24.4 Å². The largest absolute Gasteiger partial charge is 0.495 e. The first kappa shape index (κ1) is 16.0. The van der Waals surface area contributed by atoms with Gasteiger partial charge >= 0.3 is 0 Å². The maximum atomic E-state index is 5.83. The summed E-state index contributed by atoms with van der Waals surface area (Å²) in [5.74, 6) is 1.79. The Morgan fingerprint density at radius 2 is 2.17 bits per heavy atom. The smallest absolute Gasteiger partial charge is 0.222 e. The molecule has 7 nitrogen and oxygen atoms in total. The van der Waals surface area contributed by atoms with Crippen molar-refractivity contribution in [2.75, 3.05) is 24.7 Å². The van der Waals surface area contributed by atoms with Crippen molar-refractivity contribution in [2.45, 2.75) is 26.3 Å². The number of aromatic nitrogens is 4. The van der Waals surface area contributed by atoms with E-state index in [9.17, 15) is 0 Å². The van der Waals surface area contributed by atoms with Gasteiger partial charge in [-0.25, -0.2) is 4.98 Å². The van der Waals surface area contributed by atoms with Crippen LogP contribution in [0.15, 0.2) is 30.6 Å². The number of fused-ring (bicyclic) bond motifs is 1. The number of pyridine rings is 1. The van der Waals surface area contributed by atoms with Gasteiger partial charge in [-0.3, -0.25) is 4.98 Å². The maximum Gasteiger partial charge on any atom is 0.222 e. The van der Waals surface area contributed by atoms with Crippen LogP contribution in [-0.4, -0.2) is 33.2 Å². The molecule has 0 bridgehead atoms. The molecular formula is C17H22N6O. The van der Waals surface area contributed by atoms with Crippen LogP contribution in [0.3, 0.4) is 0 Å². The molecule has 3 aromatic heterocycles. The number of nitrogen functional groups attached to an aromatic ring is 1. The van der Waals surface area contributed by atoms with E-state index in [1.165, 1.54) is 0 Å². The molecular weight excluding hydrogens is 304 g/mol. The Bertz CT molecular complexity index is 829. The summed E-state index contributed by atoms with van der Waals surface area (Å²) >= 11 is 0. The maximum absolute atomic E-state index is 5.83.